The van der Waals surface area contributed by atoms with Crippen LogP contribution >= 0.6 is 0 Å². The predicted octanol–water partition coefficient (Wildman–Crippen LogP) is 3.06. The second-order valence-corrected chi connectivity index (χ2v) is 5.26. The van der Waals surface area contributed by atoms with Gasteiger partial charge in [-0.05, 0) is 51.1 Å². The van der Waals surface area contributed by atoms with Gasteiger partial charge in [0, 0.05) is 17.2 Å². The Morgan fingerprint density at radius 1 is 1.15 bits per heavy atom. The molecule has 0 unspecified atom stereocenters. The van der Waals surface area contributed by atoms with Crippen LogP contribution in [0.3, 0.4) is 0 Å². The highest BCUT2D eigenvalue weighted by atomic mass is 19.1. The maximum atomic E-state index is 13.9. The maximum absolute atomic E-state index is 13.9. The van der Waals surface area contributed by atoms with Gasteiger partial charge in [-0.25, -0.2) is 14.4 Å². The van der Waals surface area contributed by atoms with Crippen molar-refractivity contribution in [2.45, 2.75) is 25.7 Å². The Balaban J connectivity index is 2.00. The largest absolute Gasteiger partial charge is 0.317 e. The zero-order chi connectivity index (χ0) is 13.9. The summed E-state index contributed by atoms with van der Waals surface area (Å²) in [5, 5.41) is 3.34. The number of nitrogens with zero attached hydrogens (tertiary/aromatic N) is 2. The molecule has 0 atom stereocenters. The topological polar surface area (TPSA) is 37.8 Å². The fraction of sp³-hybridized carbons (Fsp3) is 0.375. The first-order valence-corrected chi connectivity index (χ1v) is 7.05. The summed E-state index contributed by atoms with van der Waals surface area (Å²) in [6.45, 7) is 3.94. The van der Waals surface area contributed by atoms with E-state index < -0.39 is 0 Å². The third-order valence-corrected chi connectivity index (χ3v) is 3.73. The first-order valence-electron chi connectivity index (χ1n) is 7.05. The van der Waals surface area contributed by atoms with E-state index in [1.54, 1.807) is 12.1 Å². The summed E-state index contributed by atoms with van der Waals surface area (Å²) in [7, 11) is 0. The Kier molecular flexibility index (Phi) is 3.74. The predicted molar refractivity (Wildman–Crippen MR) is 77.0 cm³/mol. The minimum atomic E-state index is -0.234. The van der Waals surface area contributed by atoms with E-state index in [1.807, 2.05) is 19.1 Å². The summed E-state index contributed by atoms with van der Waals surface area (Å²) in [5.41, 5.74) is 2.13. The molecule has 0 amide bonds. The molecular weight excluding hydrogens is 253 g/mol. The smallest absolute Gasteiger partial charge is 0.132 e. The fourth-order valence-electron chi connectivity index (χ4n) is 2.66. The Hall–Kier alpha value is -1.81. The Bertz CT molecular complexity index is 606. The molecular formula is C16H18FN3. The van der Waals surface area contributed by atoms with Crippen molar-refractivity contribution in [3.63, 3.8) is 0 Å². The van der Waals surface area contributed by atoms with Crippen LogP contribution in [-0.4, -0.2) is 23.1 Å². The molecule has 1 aromatic heterocycles. The van der Waals surface area contributed by atoms with Crippen molar-refractivity contribution in [2.75, 3.05) is 13.1 Å². The molecule has 104 valence electrons. The van der Waals surface area contributed by atoms with Crippen LogP contribution in [0.4, 0.5) is 4.39 Å². The molecule has 1 N–H and O–H groups in total. The molecule has 1 aliphatic heterocycles. The van der Waals surface area contributed by atoms with Crippen LogP contribution in [0.2, 0.25) is 0 Å². The van der Waals surface area contributed by atoms with Gasteiger partial charge >= 0.3 is 0 Å². The van der Waals surface area contributed by atoms with E-state index in [-0.39, 0.29) is 5.82 Å². The molecule has 2 aromatic rings. The van der Waals surface area contributed by atoms with Crippen molar-refractivity contribution in [3.8, 4) is 11.3 Å². The lowest BCUT2D eigenvalue weighted by molar-refractivity contribution is 0.444. The number of piperidine rings is 1. The van der Waals surface area contributed by atoms with Gasteiger partial charge in [-0.1, -0.05) is 12.1 Å². The Morgan fingerprint density at radius 3 is 2.65 bits per heavy atom. The summed E-state index contributed by atoms with van der Waals surface area (Å²) in [6, 6.07) is 8.62. The molecule has 0 aliphatic carbocycles. The van der Waals surface area contributed by atoms with Crippen molar-refractivity contribution in [1.29, 1.82) is 0 Å². The lowest BCUT2D eigenvalue weighted by Gasteiger charge is -2.22. The lowest BCUT2D eigenvalue weighted by Crippen LogP contribution is -2.27. The standard InChI is InChI=1S/C16H18FN3/c1-11-10-15(13-4-2-3-5-14(13)17)20-16(19-11)12-6-8-18-9-7-12/h2-5,10,12,18H,6-9H2,1H3. The van der Waals surface area contributed by atoms with E-state index in [2.05, 4.69) is 15.3 Å². The number of aryl methyl sites for hydroxylation is 1. The van der Waals surface area contributed by atoms with Gasteiger partial charge < -0.3 is 5.32 Å². The summed E-state index contributed by atoms with van der Waals surface area (Å²) in [5.74, 6) is 0.994. The molecule has 0 bridgehead atoms. The highest BCUT2D eigenvalue weighted by Crippen LogP contribution is 2.26. The third-order valence-electron chi connectivity index (χ3n) is 3.73. The minimum absolute atomic E-state index is 0.234. The average Bonchev–Trinajstić information content (AvgIpc) is 2.48. The van der Waals surface area contributed by atoms with E-state index in [4.69, 9.17) is 0 Å². The van der Waals surface area contributed by atoms with Crippen LogP contribution in [0.1, 0.15) is 30.3 Å². The molecule has 1 saturated heterocycles. The molecule has 2 heterocycles. The monoisotopic (exact) mass is 271 g/mol. The van der Waals surface area contributed by atoms with Crippen molar-refractivity contribution in [2.24, 2.45) is 0 Å². The average molecular weight is 271 g/mol. The highest BCUT2D eigenvalue weighted by molar-refractivity contribution is 5.60. The second-order valence-electron chi connectivity index (χ2n) is 5.26. The van der Waals surface area contributed by atoms with Gasteiger partial charge in [-0.2, -0.15) is 0 Å². The summed E-state index contributed by atoms with van der Waals surface area (Å²) in [6.07, 6.45) is 2.08. The van der Waals surface area contributed by atoms with E-state index in [9.17, 15) is 4.39 Å². The number of halogens is 1. The molecule has 4 heteroatoms. The molecule has 20 heavy (non-hydrogen) atoms. The first kappa shape index (κ1) is 13.2. The van der Waals surface area contributed by atoms with Crippen LogP contribution in [0.25, 0.3) is 11.3 Å². The minimum Gasteiger partial charge on any atom is -0.317 e. The zero-order valence-electron chi connectivity index (χ0n) is 11.6. The Morgan fingerprint density at radius 2 is 1.90 bits per heavy atom. The number of hydrogen-bond acceptors (Lipinski definition) is 3. The van der Waals surface area contributed by atoms with Crippen LogP contribution in [0.15, 0.2) is 30.3 Å². The molecule has 0 spiro atoms. The second kappa shape index (κ2) is 5.67. The molecule has 1 aliphatic rings. The molecule has 0 saturated carbocycles. The summed E-state index contributed by atoms with van der Waals surface area (Å²) < 4.78 is 13.9. The van der Waals surface area contributed by atoms with Crippen LogP contribution in [-0.2, 0) is 0 Å². The number of hydrogen-bond donors (Lipinski definition) is 1. The van der Waals surface area contributed by atoms with Crippen molar-refractivity contribution in [1.82, 2.24) is 15.3 Å². The van der Waals surface area contributed by atoms with Crippen LogP contribution in [0.5, 0.6) is 0 Å². The van der Waals surface area contributed by atoms with Crippen LogP contribution in [0, 0.1) is 12.7 Å². The number of aromatic nitrogens is 2. The SMILES string of the molecule is Cc1cc(-c2ccccc2F)nc(C2CCNCC2)n1. The first-order chi connectivity index (χ1) is 9.74. The van der Waals surface area contributed by atoms with Crippen molar-refractivity contribution >= 4 is 0 Å². The summed E-state index contributed by atoms with van der Waals surface area (Å²) >= 11 is 0. The van der Waals surface area contributed by atoms with Gasteiger partial charge in [0.25, 0.3) is 0 Å². The van der Waals surface area contributed by atoms with E-state index in [1.165, 1.54) is 6.07 Å². The molecule has 0 radical (unpaired) electrons. The van der Waals surface area contributed by atoms with Gasteiger partial charge in [-0.3, -0.25) is 0 Å². The Labute approximate surface area is 118 Å². The normalized spacial score (nSPS) is 16.3. The van der Waals surface area contributed by atoms with Gasteiger partial charge in [0.1, 0.15) is 11.6 Å². The quantitative estimate of drug-likeness (QED) is 0.912. The van der Waals surface area contributed by atoms with E-state index in [0.717, 1.165) is 37.4 Å². The highest BCUT2D eigenvalue weighted by Gasteiger charge is 2.19. The van der Waals surface area contributed by atoms with E-state index in [0.29, 0.717) is 17.2 Å². The third kappa shape index (κ3) is 2.70. The van der Waals surface area contributed by atoms with Gasteiger partial charge in [-0.15, -0.1) is 0 Å². The molecule has 1 fully saturated rings. The molecule has 1 aromatic carbocycles. The molecule has 3 nitrogen and oxygen atoms in total. The van der Waals surface area contributed by atoms with Gasteiger partial charge in [0.2, 0.25) is 0 Å². The number of benzene rings is 1. The molecule has 3 rings (SSSR count). The lowest BCUT2D eigenvalue weighted by atomic mass is 9.97. The fourth-order valence-corrected chi connectivity index (χ4v) is 2.66. The maximum Gasteiger partial charge on any atom is 0.132 e. The van der Waals surface area contributed by atoms with Crippen LogP contribution < -0.4 is 5.32 Å². The van der Waals surface area contributed by atoms with Crippen molar-refractivity contribution in [3.05, 3.63) is 47.7 Å². The van der Waals surface area contributed by atoms with Crippen molar-refractivity contribution < 1.29 is 4.39 Å². The zero-order valence-corrected chi connectivity index (χ0v) is 11.6. The van der Waals surface area contributed by atoms with Gasteiger partial charge in [0.15, 0.2) is 0 Å². The summed E-state index contributed by atoms with van der Waals surface area (Å²) in [4.78, 5) is 9.16. The van der Waals surface area contributed by atoms with E-state index >= 15 is 0 Å². The number of nitrogens with one attached hydrogen (secondary N) is 1. The number of rotatable bonds is 2. The van der Waals surface area contributed by atoms with Gasteiger partial charge in [0.05, 0.1) is 5.69 Å².